The molecule has 276 valence electrons. The Bertz CT molecular complexity index is 1090. The molecule has 1 amide bonds. The first-order chi connectivity index (χ1) is 22.9. The molecule has 1 unspecified atom stereocenters. The van der Waals surface area contributed by atoms with Gasteiger partial charge < -0.3 is 21.3 Å². The number of carbonyl (C=O) groups is 1. The highest BCUT2D eigenvalue weighted by molar-refractivity contribution is 6.04. The molecule has 0 aromatic rings. The average molecular weight is 681 g/mol. The van der Waals surface area contributed by atoms with Crippen LogP contribution in [0.1, 0.15) is 151 Å². The number of nitrogens with two attached hydrogens (primary N) is 1. The van der Waals surface area contributed by atoms with Crippen LogP contribution in [0.2, 0.25) is 0 Å². The van der Waals surface area contributed by atoms with Crippen LogP contribution in [0.4, 0.5) is 13.2 Å². The third-order valence-corrected chi connectivity index (χ3v) is 8.87. The van der Waals surface area contributed by atoms with Crippen LogP contribution in [0.15, 0.2) is 45.3 Å². The number of amides is 1. The lowest BCUT2D eigenvalue weighted by molar-refractivity contribution is -0.132. The predicted octanol–water partition coefficient (Wildman–Crippen LogP) is 9.71. The van der Waals surface area contributed by atoms with Crippen LogP contribution in [0.5, 0.6) is 0 Å². The van der Waals surface area contributed by atoms with Crippen LogP contribution >= 0.6 is 0 Å². The summed E-state index contributed by atoms with van der Waals surface area (Å²) in [5, 5.41) is 6.63. The number of allylic oxidation sites excluding steroid dienone is 2. The first kappa shape index (κ1) is 43.2. The van der Waals surface area contributed by atoms with Crippen LogP contribution in [-0.2, 0) is 4.79 Å². The molecule has 0 heterocycles. The summed E-state index contributed by atoms with van der Waals surface area (Å²) in [6, 6.07) is 0.347. The molecule has 1 aliphatic carbocycles. The molecule has 0 aliphatic heterocycles. The molecule has 1 saturated carbocycles. The zero-order chi connectivity index (χ0) is 36.0. The van der Waals surface area contributed by atoms with Gasteiger partial charge in [0, 0.05) is 61.2 Å². The molecule has 0 saturated heterocycles. The highest BCUT2D eigenvalue weighted by Crippen LogP contribution is 2.46. The number of hydrogen-bond acceptors (Lipinski definition) is 4. The molecule has 0 aromatic carbocycles. The van der Waals surface area contributed by atoms with Crippen LogP contribution in [0.3, 0.4) is 0 Å². The molecule has 1 rings (SSSR count). The minimum atomic E-state index is -4.63. The number of alkyl halides is 3. The Hall–Kier alpha value is -2.78. The third kappa shape index (κ3) is 17.0. The van der Waals surface area contributed by atoms with Gasteiger partial charge in [-0.25, -0.2) is 9.98 Å². The first-order valence-electron chi connectivity index (χ1n) is 18.7. The number of halogens is 3. The number of carbonyl (C=O) groups excluding carboxylic acids is 1. The standard InChI is InChI=1S/C38H67F3N6O/c1-8-14-17-20-32(19-11-4)44-26-31(13-6)36(42)46-30(7)43-27-33(38(39,40)41)34(21-16-10-3)45-28-37(23-24-37)29-47(25-12-5)35(48)22-18-15-9-2/h21,26-27,32,44-45H,8-20,22-25,28-29H2,1-7H3,(H2,42,43,46)/b31-26-,33-27+,34-21-. The van der Waals surface area contributed by atoms with Gasteiger partial charge in [0.2, 0.25) is 5.91 Å². The number of amidine groups is 2. The van der Waals surface area contributed by atoms with E-state index in [0.717, 1.165) is 76.0 Å². The summed E-state index contributed by atoms with van der Waals surface area (Å²) in [5.41, 5.74) is 6.06. The molecule has 4 N–H and O–H groups in total. The fourth-order valence-corrected chi connectivity index (χ4v) is 5.67. The van der Waals surface area contributed by atoms with Gasteiger partial charge >= 0.3 is 6.18 Å². The van der Waals surface area contributed by atoms with Gasteiger partial charge in [-0.2, -0.15) is 13.2 Å². The van der Waals surface area contributed by atoms with Crippen molar-refractivity contribution in [3.63, 3.8) is 0 Å². The van der Waals surface area contributed by atoms with Gasteiger partial charge in [0.15, 0.2) is 0 Å². The van der Waals surface area contributed by atoms with Gasteiger partial charge in [0.1, 0.15) is 11.7 Å². The smallest absolute Gasteiger partial charge is 0.388 e. The number of hydrogen-bond donors (Lipinski definition) is 3. The normalized spacial score (nSPS) is 16.6. The van der Waals surface area contributed by atoms with E-state index >= 15 is 0 Å². The van der Waals surface area contributed by atoms with Crippen molar-refractivity contribution in [1.29, 1.82) is 0 Å². The van der Waals surface area contributed by atoms with E-state index in [1.54, 1.807) is 13.0 Å². The largest absolute Gasteiger partial charge is 0.419 e. The van der Waals surface area contributed by atoms with Crippen molar-refractivity contribution in [2.75, 3.05) is 19.6 Å². The fourth-order valence-electron chi connectivity index (χ4n) is 5.67. The number of nitrogens with one attached hydrogen (secondary N) is 2. The highest BCUT2D eigenvalue weighted by atomic mass is 19.4. The quantitative estimate of drug-likeness (QED) is 0.0387. The first-order valence-corrected chi connectivity index (χ1v) is 18.7. The fraction of sp³-hybridized carbons (Fsp3) is 0.763. The summed E-state index contributed by atoms with van der Waals surface area (Å²) in [6.07, 6.45) is 14.3. The molecule has 1 fully saturated rings. The van der Waals surface area contributed by atoms with E-state index in [-0.39, 0.29) is 28.7 Å². The maximum Gasteiger partial charge on any atom is 0.419 e. The SMILES string of the molecule is CCC/C=C(NCC1(CN(CCC)C(=O)CCCCC)CC1)/C(=C\N=C(C)N=C(N)/C(=C\NC(CCC)CCCCC)CC)C(F)(F)F. The lowest BCUT2D eigenvalue weighted by Crippen LogP contribution is -2.40. The van der Waals surface area contributed by atoms with Gasteiger partial charge in [0.25, 0.3) is 0 Å². The molecule has 48 heavy (non-hydrogen) atoms. The van der Waals surface area contributed by atoms with Gasteiger partial charge in [-0.05, 0) is 58.3 Å². The second-order valence-electron chi connectivity index (χ2n) is 13.4. The molecule has 10 heteroatoms. The highest BCUT2D eigenvalue weighted by Gasteiger charge is 2.45. The van der Waals surface area contributed by atoms with E-state index in [2.05, 4.69) is 41.4 Å². The van der Waals surface area contributed by atoms with E-state index in [1.165, 1.54) is 12.8 Å². The molecule has 0 spiro atoms. The van der Waals surface area contributed by atoms with Crippen molar-refractivity contribution >= 4 is 17.6 Å². The van der Waals surface area contributed by atoms with Crippen LogP contribution in [0.25, 0.3) is 0 Å². The Balaban J connectivity index is 3.18. The van der Waals surface area contributed by atoms with Crippen LogP contribution < -0.4 is 16.4 Å². The summed E-state index contributed by atoms with van der Waals surface area (Å²) < 4.78 is 43.5. The molecule has 1 atom stereocenters. The molecule has 0 aromatic heterocycles. The summed E-state index contributed by atoms with van der Waals surface area (Å²) in [7, 11) is 0. The summed E-state index contributed by atoms with van der Waals surface area (Å²) >= 11 is 0. The van der Waals surface area contributed by atoms with E-state index < -0.39 is 11.7 Å². The monoisotopic (exact) mass is 681 g/mol. The minimum Gasteiger partial charge on any atom is -0.388 e. The number of nitrogens with zero attached hydrogens (tertiary/aromatic N) is 3. The Morgan fingerprint density at radius 2 is 1.65 bits per heavy atom. The maximum atomic E-state index is 14.5. The van der Waals surface area contributed by atoms with Gasteiger partial charge in [-0.3, -0.25) is 4.79 Å². The average Bonchev–Trinajstić information content (AvgIpc) is 3.80. The van der Waals surface area contributed by atoms with Crippen molar-refractivity contribution < 1.29 is 18.0 Å². The number of unbranched alkanes of at least 4 members (excludes halogenated alkanes) is 5. The Morgan fingerprint density at radius 1 is 0.958 bits per heavy atom. The lowest BCUT2D eigenvalue weighted by atomic mass is 10.0. The van der Waals surface area contributed by atoms with Crippen molar-refractivity contribution in [2.24, 2.45) is 21.1 Å². The topological polar surface area (TPSA) is 95.1 Å². The predicted molar refractivity (Wildman–Crippen MR) is 197 cm³/mol. The Kier molecular flexibility index (Phi) is 21.2. The zero-order valence-electron chi connectivity index (χ0n) is 31.2. The Morgan fingerprint density at radius 3 is 2.21 bits per heavy atom. The van der Waals surface area contributed by atoms with Crippen molar-refractivity contribution in [2.45, 2.75) is 163 Å². The number of rotatable bonds is 25. The van der Waals surface area contributed by atoms with Crippen molar-refractivity contribution in [1.82, 2.24) is 15.5 Å². The van der Waals surface area contributed by atoms with Gasteiger partial charge in [-0.15, -0.1) is 0 Å². The van der Waals surface area contributed by atoms with Crippen LogP contribution in [-0.4, -0.2) is 54.3 Å². The second kappa shape index (κ2) is 23.6. The summed E-state index contributed by atoms with van der Waals surface area (Å²) in [6.45, 7) is 15.6. The second-order valence-corrected chi connectivity index (χ2v) is 13.4. The van der Waals surface area contributed by atoms with Crippen LogP contribution in [0, 0.1) is 5.41 Å². The summed E-state index contributed by atoms with van der Waals surface area (Å²) in [4.78, 5) is 23.4. The molecule has 1 aliphatic rings. The lowest BCUT2D eigenvalue weighted by Gasteiger charge is -2.29. The molecular weight excluding hydrogens is 613 g/mol. The Labute approximate surface area is 290 Å². The molecular formula is C38H67F3N6O. The number of aliphatic imine (C=N–C) groups is 2. The van der Waals surface area contributed by atoms with E-state index in [1.807, 2.05) is 31.9 Å². The van der Waals surface area contributed by atoms with Crippen molar-refractivity contribution in [3.8, 4) is 0 Å². The van der Waals surface area contributed by atoms with E-state index in [0.29, 0.717) is 51.4 Å². The summed E-state index contributed by atoms with van der Waals surface area (Å²) in [5.74, 6) is 0.531. The third-order valence-electron chi connectivity index (χ3n) is 8.87. The molecule has 0 radical (unpaired) electrons. The maximum absolute atomic E-state index is 14.5. The van der Waals surface area contributed by atoms with Gasteiger partial charge in [-0.1, -0.05) is 92.6 Å². The van der Waals surface area contributed by atoms with Crippen molar-refractivity contribution in [3.05, 3.63) is 35.3 Å². The zero-order valence-corrected chi connectivity index (χ0v) is 31.2. The molecule has 0 bridgehead atoms. The van der Waals surface area contributed by atoms with E-state index in [9.17, 15) is 18.0 Å². The van der Waals surface area contributed by atoms with E-state index in [4.69, 9.17) is 5.73 Å². The molecule has 7 nitrogen and oxygen atoms in total. The van der Waals surface area contributed by atoms with Gasteiger partial charge in [0.05, 0.1) is 5.57 Å². The minimum absolute atomic E-state index is 0.0174.